The Balaban J connectivity index is 1.84. The number of non-ortho nitro benzene ring substituents is 1. The number of ketones is 2. The van der Waals surface area contributed by atoms with Gasteiger partial charge in [-0.3, -0.25) is 19.7 Å². The van der Waals surface area contributed by atoms with Crippen LogP contribution in [0.5, 0.6) is 0 Å². The maximum absolute atomic E-state index is 14.6. The van der Waals surface area contributed by atoms with E-state index in [1.807, 2.05) is 53.7 Å². The van der Waals surface area contributed by atoms with Crippen LogP contribution in [-0.2, 0) is 19.1 Å². The number of anilines is 1. The molecule has 0 aliphatic heterocycles. The Morgan fingerprint density at radius 3 is 2.13 bits per heavy atom. The Morgan fingerprint density at radius 1 is 0.935 bits per heavy atom. The number of aromatic nitrogens is 2. The van der Waals surface area contributed by atoms with E-state index in [9.17, 15) is 19.7 Å². The van der Waals surface area contributed by atoms with Gasteiger partial charge in [0.25, 0.3) is 0 Å². The molecule has 1 aliphatic rings. The summed E-state index contributed by atoms with van der Waals surface area (Å²) in [4.78, 5) is 39.2. The number of carbonyl (C=O) groups is 2. The molecular formula is C35H46N4O7. The van der Waals surface area contributed by atoms with Crippen LogP contribution < -0.4 is 5.32 Å². The van der Waals surface area contributed by atoms with Gasteiger partial charge < -0.3 is 14.8 Å². The van der Waals surface area contributed by atoms with E-state index >= 15 is 0 Å². The first kappa shape index (κ1) is 35.9. The van der Waals surface area contributed by atoms with Gasteiger partial charge in [-0.25, -0.2) is 4.63 Å². The largest absolute Gasteiger partial charge is 0.500 e. The Morgan fingerprint density at radius 2 is 1.57 bits per heavy atom. The van der Waals surface area contributed by atoms with Gasteiger partial charge in [0.15, 0.2) is 17.1 Å². The van der Waals surface area contributed by atoms with Crippen molar-refractivity contribution in [2.24, 2.45) is 5.41 Å². The molecule has 2 aromatic rings. The number of nitro groups is 1. The van der Waals surface area contributed by atoms with Gasteiger partial charge in [-0.05, 0) is 90.0 Å². The summed E-state index contributed by atoms with van der Waals surface area (Å²) in [6.45, 7) is 12.5. The molecule has 1 heterocycles. The number of rotatable bonds is 17. The number of hydrogen-bond donors (Lipinski definition) is 1. The zero-order valence-electron chi connectivity index (χ0n) is 28.2. The molecule has 1 aromatic carbocycles. The second-order valence-corrected chi connectivity index (χ2v) is 12.3. The number of unbranched alkanes of at least 4 members (excludes halogenated alkanes) is 2. The average Bonchev–Trinajstić information content (AvgIpc) is 3.50. The minimum absolute atomic E-state index is 0.0832. The molecule has 0 saturated heterocycles. The third-order valence-corrected chi connectivity index (χ3v) is 7.98. The lowest BCUT2D eigenvalue weighted by Gasteiger charge is -2.38. The molecule has 11 nitrogen and oxygen atoms in total. The normalized spacial score (nSPS) is 14.2. The number of nitrogens with one attached hydrogen (secondary N) is 1. The fraction of sp³-hybridized carbons (Fsp3) is 0.486. The summed E-state index contributed by atoms with van der Waals surface area (Å²) < 4.78 is 16.6. The van der Waals surface area contributed by atoms with Crippen molar-refractivity contribution < 1.29 is 28.6 Å². The Bertz CT molecular complexity index is 1590. The van der Waals surface area contributed by atoms with Crippen LogP contribution in [0.15, 0.2) is 74.4 Å². The number of methoxy groups -OCH3 is 2. The van der Waals surface area contributed by atoms with E-state index in [2.05, 4.69) is 21.7 Å². The van der Waals surface area contributed by atoms with Crippen molar-refractivity contribution in [2.75, 3.05) is 26.1 Å². The summed E-state index contributed by atoms with van der Waals surface area (Å²) in [5, 5.41) is 21.9. The molecule has 1 aliphatic carbocycles. The quantitative estimate of drug-likeness (QED) is 0.0595. The summed E-state index contributed by atoms with van der Waals surface area (Å²) in [5.74, 6) is 0.322. The second-order valence-electron chi connectivity index (χ2n) is 12.3. The van der Waals surface area contributed by atoms with Crippen LogP contribution in [0.2, 0.25) is 0 Å². The number of fused-ring (bicyclic) bond motifs is 1. The molecule has 11 heteroatoms. The Labute approximate surface area is 270 Å². The molecule has 0 fully saturated rings. The lowest BCUT2D eigenvalue weighted by molar-refractivity contribution is -0.383. The van der Waals surface area contributed by atoms with E-state index < -0.39 is 10.3 Å². The van der Waals surface area contributed by atoms with Crippen molar-refractivity contribution in [1.29, 1.82) is 0 Å². The van der Waals surface area contributed by atoms with Crippen molar-refractivity contribution in [3.05, 3.63) is 79.9 Å². The maximum Gasteiger partial charge on any atom is 0.300 e. The van der Waals surface area contributed by atoms with Gasteiger partial charge in [-0.15, -0.1) is 0 Å². The topological polar surface area (TPSA) is 147 Å². The summed E-state index contributed by atoms with van der Waals surface area (Å²) >= 11 is 0. The summed E-state index contributed by atoms with van der Waals surface area (Å²) in [7, 11) is 3.08. The molecular weight excluding hydrogens is 588 g/mol. The smallest absolute Gasteiger partial charge is 0.300 e. The van der Waals surface area contributed by atoms with E-state index in [0.29, 0.717) is 62.3 Å². The molecule has 1 aromatic heterocycles. The molecule has 0 spiro atoms. The highest BCUT2D eigenvalue weighted by Crippen LogP contribution is 2.49. The minimum atomic E-state index is -1.07. The van der Waals surface area contributed by atoms with Crippen molar-refractivity contribution >= 4 is 34.0 Å². The van der Waals surface area contributed by atoms with Crippen LogP contribution in [0.1, 0.15) is 86.5 Å². The first-order valence-corrected chi connectivity index (χ1v) is 15.6. The average molecular weight is 635 g/mol. The number of Topliss-reactive ketones (excluding diaryl/α,β-unsaturated/α-hetero) is 2. The monoisotopic (exact) mass is 634 g/mol. The number of nitrogens with zero attached hydrogens (tertiary/aromatic N) is 3. The van der Waals surface area contributed by atoms with Crippen molar-refractivity contribution in [3.8, 4) is 0 Å². The zero-order chi connectivity index (χ0) is 34.0. The van der Waals surface area contributed by atoms with Crippen molar-refractivity contribution in [1.82, 2.24) is 10.3 Å². The highest BCUT2D eigenvalue weighted by molar-refractivity contribution is 6.24. The molecule has 0 atom stereocenters. The molecule has 248 valence electrons. The predicted octanol–water partition coefficient (Wildman–Crippen LogP) is 8.11. The van der Waals surface area contributed by atoms with Crippen LogP contribution in [0.3, 0.4) is 0 Å². The van der Waals surface area contributed by atoms with Crippen molar-refractivity contribution in [2.45, 2.75) is 86.5 Å². The van der Waals surface area contributed by atoms with E-state index in [1.165, 1.54) is 13.2 Å². The van der Waals surface area contributed by atoms with Gasteiger partial charge in [0, 0.05) is 24.6 Å². The number of benzene rings is 1. The van der Waals surface area contributed by atoms with Crippen LogP contribution in [-0.4, -0.2) is 47.6 Å². The van der Waals surface area contributed by atoms with Gasteiger partial charge in [0.1, 0.15) is 17.1 Å². The van der Waals surface area contributed by atoms with Gasteiger partial charge >= 0.3 is 5.69 Å². The first-order chi connectivity index (χ1) is 21.9. The molecule has 0 bridgehead atoms. The summed E-state index contributed by atoms with van der Waals surface area (Å²) in [6, 6.07) is 2.94. The number of carbonyl (C=O) groups excluding carboxylic acids is 2. The maximum atomic E-state index is 14.6. The molecule has 1 N–H and O–H groups in total. The highest BCUT2D eigenvalue weighted by atomic mass is 16.6. The second kappa shape index (κ2) is 16.1. The zero-order valence-corrected chi connectivity index (χ0v) is 28.2. The van der Waals surface area contributed by atoms with Gasteiger partial charge in [-0.1, -0.05) is 41.4 Å². The minimum Gasteiger partial charge on any atom is -0.500 e. The third kappa shape index (κ3) is 8.18. The van der Waals surface area contributed by atoms with E-state index in [1.54, 1.807) is 13.2 Å². The number of nitro benzene ring substituents is 1. The highest BCUT2D eigenvalue weighted by Gasteiger charge is 2.51. The standard InChI is InChI=1S/C35H46N4O7/c1-22(2)13-14-25-32(44-7)29(33(41)35(34(25)45-8,19-17-23(3)4)20-18-24(5)6)28(40)12-10-9-11-21-36-26-15-16-27(39(42)43)31-30(26)37-46-38-31/h13,15-18,36H,9-12,14,19-21H2,1-8H3. The van der Waals surface area contributed by atoms with Crippen LogP contribution >= 0.6 is 0 Å². The van der Waals surface area contributed by atoms with Crippen molar-refractivity contribution in [3.63, 3.8) is 0 Å². The van der Waals surface area contributed by atoms with E-state index in [-0.39, 0.29) is 40.3 Å². The molecule has 0 radical (unpaired) electrons. The number of hydrogen-bond acceptors (Lipinski definition) is 10. The van der Waals surface area contributed by atoms with Crippen LogP contribution in [0.4, 0.5) is 11.4 Å². The lowest BCUT2D eigenvalue weighted by Crippen LogP contribution is -2.41. The molecule has 46 heavy (non-hydrogen) atoms. The Hall–Kier alpha value is -4.54. The van der Waals surface area contributed by atoms with Gasteiger partial charge in [0.2, 0.25) is 5.52 Å². The SMILES string of the molecule is COC1=C(C(=O)CCCCCNc2ccc([N+](=O)[O-])c3nonc23)C(=O)C(CC=C(C)C)(CC=C(C)C)C(OC)=C1CC=C(C)C. The van der Waals surface area contributed by atoms with E-state index in [0.717, 1.165) is 22.3 Å². The molecule has 0 unspecified atom stereocenters. The van der Waals surface area contributed by atoms with Crippen LogP contribution in [0, 0.1) is 15.5 Å². The number of ether oxygens (including phenoxy) is 2. The van der Waals surface area contributed by atoms with Gasteiger partial charge in [-0.2, -0.15) is 0 Å². The van der Waals surface area contributed by atoms with Gasteiger partial charge in [0.05, 0.1) is 30.2 Å². The summed E-state index contributed by atoms with van der Waals surface area (Å²) in [5.41, 5.74) is 3.78. The van der Waals surface area contributed by atoms with Crippen LogP contribution in [0.25, 0.3) is 11.0 Å². The predicted molar refractivity (Wildman–Crippen MR) is 178 cm³/mol. The fourth-order valence-electron chi connectivity index (χ4n) is 5.57. The third-order valence-electron chi connectivity index (χ3n) is 7.98. The van der Waals surface area contributed by atoms with E-state index in [4.69, 9.17) is 14.1 Å². The Kier molecular flexibility index (Phi) is 12.6. The molecule has 0 saturated carbocycles. The summed E-state index contributed by atoms with van der Waals surface area (Å²) in [6.07, 6.45) is 9.56. The number of allylic oxidation sites excluding steroid dienone is 9. The lowest BCUT2D eigenvalue weighted by atomic mass is 9.66. The first-order valence-electron chi connectivity index (χ1n) is 15.6. The molecule has 3 rings (SSSR count). The molecule has 0 amide bonds. The fourth-order valence-corrected chi connectivity index (χ4v) is 5.57.